The number of rotatable bonds is 2. The average Bonchev–Trinajstić information content (AvgIpc) is 2.91. The number of halogens is 1. The number of fused-ring (bicyclic) bond motifs is 1. The number of likely N-dealkylation sites (N-methyl/N-ethyl adjacent to an activating group) is 1. The Morgan fingerprint density at radius 2 is 2.26 bits per heavy atom. The van der Waals surface area contributed by atoms with Gasteiger partial charge < -0.3 is 15.5 Å². The Hall–Kier alpha value is -1.26. The minimum atomic E-state index is -0.294. The molecule has 2 unspecified atom stereocenters. The van der Waals surface area contributed by atoms with Crippen molar-refractivity contribution in [1.29, 1.82) is 0 Å². The Kier molecular flexibility index (Phi) is 3.15. The van der Waals surface area contributed by atoms with Crippen LogP contribution in [0.5, 0.6) is 0 Å². The van der Waals surface area contributed by atoms with Gasteiger partial charge in [-0.3, -0.25) is 4.79 Å². The summed E-state index contributed by atoms with van der Waals surface area (Å²) in [6, 6.07) is 4.13. The van der Waals surface area contributed by atoms with Crippen molar-refractivity contribution in [3.05, 3.63) is 22.7 Å². The Morgan fingerprint density at radius 3 is 2.89 bits per heavy atom. The van der Waals surface area contributed by atoms with Gasteiger partial charge in [0.25, 0.3) is 0 Å². The fourth-order valence-corrected chi connectivity index (χ4v) is 3.35. The van der Waals surface area contributed by atoms with E-state index in [-0.39, 0.29) is 11.9 Å². The van der Waals surface area contributed by atoms with Crippen molar-refractivity contribution in [2.45, 2.75) is 31.8 Å². The van der Waals surface area contributed by atoms with Crippen LogP contribution in [0.4, 0.5) is 11.4 Å². The van der Waals surface area contributed by atoms with Gasteiger partial charge in [-0.05, 0) is 38.9 Å². The van der Waals surface area contributed by atoms with Crippen LogP contribution in [0.2, 0.25) is 5.02 Å². The van der Waals surface area contributed by atoms with Crippen molar-refractivity contribution in [2.75, 3.05) is 23.8 Å². The van der Waals surface area contributed by atoms with Gasteiger partial charge in [-0.25, -0.2) is 0 Å². The van der Waals surface area contributed by atoms with E-state index in [1.165, 1.54) is 12.8 Å². The van der Waals surface area contributed by atoms with E-state index in [0.29, 0.717) is 6.04 Å². The van der Waals surface area contributed by atoms with Crippen LogP contribution in [0.1, 0.15) is 31.4 Å². The molecule has 4 nitrogen and oxygen atoms in total. The summed E-state index contributed by atoms with van der Waals surface area (Å²) in [4.78, 5) is 14.2. The molecule has 0 aromatic heterocycles. The van der Waals surface area contributed by atoms with Crippen LogP contribution >= 0.6 is 11.6 Å². The number of hydrogen-bond acceptors (Lipinski definition) is 3. The van der Waals surface area contributed by atoms with Gasteiger partial charge in [0.1, 0.15) is 6.04 Å². The van der Waals surface area contributed by atoms with E-state index in [9.17, 15) is 4.79 Å². The average molecular weight is 280 g/mol. The van der Waals surface area contributed by atoms with E-state index in [4.69, 9.17) is 11.6 Å². The summed E-state index contributed by atoms with van der Waals surface area (Å²) in [5, 5.41) is 6.65. The van der Waals surface area contributed by atoms with Gasteiger partial charge in [-0.2, -0.15) is 0 Å². The molecule has 2 N–H and O–H groups in total. The quantitative estimate of drug-likeness (QED) is 0.874. The molecule has 0 bridgehead atoms. The molecule has 0 radical (unpaired) electrons. The highest BCUT2D eigenvalue weighted by molar-refractivity contribution is 6.33. The van der Waals surface area contributed by atoms with Crippen LogP contribution in [-0.4, -0.2) is 25.5 Å². The number of hydrogen-bond donors (Lipinski definition) is 2. The monoisotopic (exact) mass is 279 g/mol. The van der Waals surface area contributed by atoms with Gasteiger partial charge in [-0.1, -0.05) is 11.6 Å². The van der Waals surface area contributed by atoms with E-state index < -0.39 is 0 Å². The van der Waals surface area contributed by atoms with E-state index in [2.05, 4.69) is 22.5 Å². The third-order valence-electron chi connectivity index (χ3n) is 4.10. The molecular formula is C14H18ClN3O. The van der Waals surface area contributed by atoms with Crippen LogP contribution in [0.25, 0.3) is 0 Å². The standard InChI is InChI=1S/C14H18ClN3O/c1-8-4-3-5-18(8)12-7-11-9(6-10(12)15)13(16-2)14(19)17-11/h6-8,13,16H,3-5H2,1-2H3,(H,17,19). The van der Waals surface area contributed by atoms with Crippen LogP contribution in [0.15, 0.2) is 12.1 Å². The maximum atomic E-state index is 11.8. The first-order valence-corrected chi connectivity index (χ1v) is 7.08. The van der Waals surface area contributed by atoms with E-state index in [0.717, 1.165) is 28.5 Å². The molecule has 2 heterocycles. The number of carbonyl (C=O) groups is 1. The first-order chi connectivity index (χ1) is 9.11. The van der Waals surface area contributed by atoms with Crippen molar-refractivity contribution in [3.63, 3.8) is 0 Å². The summed E-state index contributed by atoms with van der Waals surface area (Å²) in [7, 11) is 1.78. The van der Waals surface area contributed by atoms with Gasteiger partial charge in [0, 0.05) is 23.8 Å². The smallest absolute Gasteiger partial charge is 0.246 e. The van der Waals surface area contributed by atoms with Gasteiger partial charge in [0.15, 0.2) is 0 Å². The molecule has 1 aromatic carbocycles. The summed E-state index contributed by atoms with van der Waals surface area (Å²) < 4.78 is 0. The predicted octanol–water partition coefficient (Wildman–Crippen LogP) is 2.54. The first kappa shape index (κ1) is 12.8. The number of nitrogens with zero attached hydrogens (tertiary/aromatic N) is 1. The largest absolute Gasteiger partial charge is 0.368 e. The molecule has 0 aliphatic carbocycles. The van der Waals surface area contributed by atoms with Gasteiger partial charge in [0.2, 0.25) is 5.91 Å². The van der Waals surface area contributed by atoms with Crippen molar-refractivity contribution in [2.24, 2.45) is 0 Å². The topological polar surface area (TPSA) is 44.4 Å². The van der Waals surface area contributed by atoms with Gasteiger partial charge >= 0.3 is 0 Å². The lowest BCUT2D eigenvalue weighted by molar-refractivity contribution is -0.117. The zero-order valence-corrected chi connectivity index (χ0v) is 11.9. The lowest BCUT2D eigenvalue weighted by Gasteiger charge is -2.25. The molecule has 2 aliphatic heterocycles. The zero-order chi connectivity index (χ0) is 13.6. The second kappa shape index (κ2) is 4.69. The number of amides is 1. The maximum Gasteiger partial charge on any atom is 0.246 e. The molecule has 3 rings (SSSR count). The summed E-state index contributed by atoms with van der Waals surface area (Å²) in [5.41, 5.74) is 2.85. The minimum absolute atomic E-state index is 0.0137. The Balaban J connectivity index is 2.02. The lowest BCUT2D eigenvalue weighted by Crippen LogP contribution is -2.26. The maximum absolute atomic E-state index is 11.8. The van der Waals surface area contributed by atoms with Crippen LogP contribution in [0.3, 0.4) is 0 Å². The number of carbonyl (C=O) groups excluding carboxylic acids is 1. The predicted molar refractivity (Wildman–Crippen MR) is 77.9 cm³/mol. The molecule has 102 valence electrons. The second-order valence-electron chi connectivity index (χ2n) is 5.29. The summed E-state index contributed by atoms with van der Waals surface area (Å²) in [5.74, 6) is -0.0137. The minimum Gasteiger partial charge on any atom is -0.368 e. The van der Waals surface area contributed by atoms with Gasteiger partial charge in [-0.15, -0.1) is 0 Å². The molecule has 1 fully saturated rings. The van der Waals surface area contributed by atoms with Crippen LogP contribution in [0, 0.1) is 0 Å². The van der Waals surface area contributed by atoms with E-state index >= 15 is 0 Å². The molecule has 1 amide bonds. The fourth-order valence-electron chi connectivity index (χ4n) is 3.07. The van der Waals surface area contributed by atoms with E-state index in [1.54, 1.807) is 7.05 Å². The Bertz CT molecular complexity index is 532. The lowest BCUT2D eigenvalue weighted by atomic mass is 10.1. The van der Waals surface area contributed by atoms with Crippen molar-refractivity contribution >= 4 is 28.9 Å². The molecule has 0 spiro atoms. The molecule has 19 heavy (non-hydrogen) atoms. The van der Waals surface area contributed by atoms with Gasteiger partial charge in [0.05, 0.1) is 10.7 Å². The highest BCUT2D eigenvalue weighted by Gasteiger charge is 2.32. The molecule has 1 saturated heterocycles. The molecule has 0 saturated carbocycles. The SMILES string of the molecule is CNC1C(=O)Nc2cc(N3CCCC3C)c(Cl)cc21. The summed E-state index contributed by atoms with van der Waals surface area (Å²) in [6.45, 7) is 3.24. The number of benzene rings is 1. The van der Waals surface area contributed by atoms with Crippen molar-refractivity contribution < 1.29 is 4.79 Å². The summed E-state index contributed by atoms with van der Waals surface area (Å²) >= 11 is 6.41. The van der Waals surface area contributed by atoms with Crippen LogP contribution in [-0.2, 0) is 4.79 Å². The van der Waals surface area contributed by atoms with Crippen molar-refractivity contribution in [1.82, 2.24) is 5.32 Å². The zero-order valence-electron chi connectivity index (χ0n) is 11.2. The molecule has 2 atom stereocenters. The Labute approximate surface area is 118 Å². The third kappa shape index (κ3) is 1.99. The normalized spacial score (nSPS) is 25.6. The molecular weight excluding hydrogens is 262 g/mol. The van der Waals surface area contributed by atoms with Crippen molar-refractivity contribution in [3.8, 4) is 0 Å². The second-order valence-corrected chi connectivity index (χ2v) is 5.69. The first-order valence-electron chi connectivity index (χ1n) is 6.70. The number of nitrogens with one attached hydrogen (secondary N) is 2. The van der Waals surface area contributed by atoms with Crippen LogP contribution < -0.4 is 15.5 Å². The molecule has 5 heteroatoms. The summed E-state index contributed by atoms with van der Waals surface area (Å²) in [6.07, 6.45) is 2.39. The highest BCUT2D eigenvalue weighted by atomic mass is 35.5. The van der Waals surface area contributed by atoms with E-state index in [1.807, 2.05) is 12.1 Å². The molecule has 1 aromatic rings. The number of anilines is 2. The molecule has 2 aliphatic rings. The fraction of sp³-hybridized carbons (Fsp3) is 0.500. The highest BCUT2D eigenvalue weighted by Crippen LogP contribution is 2.40. The third-order valence-corrected chi connectivity index (χ3v) is 4.40. The Morgan fingerprint density at radius 1 is 1.47 bits per heavy atom.